The third-order valence-corrected chi connectivity index (χ3v) is 5.29. The lowest BCUT2D eigenvalue weighted by Gasteiger charge is -2.08. The van der Waals surface area contributed by atoms with Crippen molar-refractivity contribution >= 4 is 31.7 Å². The average Bonchev–Trinajstić information content (AvgIpc) is 2.64. The van der Waals surface area contributed by atoms with Gasteiger partial charge >= 0.3 is 0 Å². The molecule has 0 radical (unpaired) electrons. The van der Waals surface area contributed by atoms with Crippen LogP contribution in [0.1, 0.15) is 32.1 Å². The van der Waals surface area contributed by atoms with Crippen LogP contribution in [0.3, 0.4) is 0 Å². The van der Waals surface area contributed by atoms with Crippen molar-refractivity contribution in [2.24, 2.45) is 5.92 Å². The first-order valence-electron chi connectivity index (χ1n) is 6.09. The van der Waals surface area contributed by atoms with Gasteiger partial charge in [-0.25, -0.2) is 8.42 Å². The van der Waals surface area contributed by atoms with Crippen LogP contribution in [0.25, 0.3) is 0 Å². The quantitative estimate of drug-likeness (QED) is 0.569. The Hall–Kier alpha value is -0.100. The molecule has 4 nitrogen and oxygen atoms in total. The Morgan fingerprint density at radius 3 is 2.53 bits per heavy atom. The van der Waals surface area contributed by atoms with Gasteiger partial charge in [-0.05, 0) is 19.3 Å². The van der Waals surface area contributed by atoms with Crippen LogP contribution in [0.4, 0.5) is 0 Å². The van der Waals surface area contributed by atoms with E-state index < -0.39 is 9.84 Å². The molecule has 1 rings (SSSR count). The highest BCUT2D eigenvalue weighted by Crippen LogP contribution is 2.18. The number of sulfone groups is 1. The van der Waals surface area contributed by atoms with Crippen LogP contribution < -0.4 is 5.32 Å². The fraction of sp³-hybridized carbons (Fsp3) is 0.909. The van der Waals surface area contributed by atoms with Crippen molar-refractivity contribution in [2.75, 3.05) is 23.4 Å². The number of alkyl halides is 1. The number of carbonyl (C=O) groups is 1. The molecular formula is C11H20BrNO3S. The SMILES string of the molecule is O=C(NCCCCCCBr)C1CCS(=O)(=O)C1. The molecule has 1 saturated heterocycles. The van der Waals surface area contributed by atoms with E-state index in [1.165, 1.54) is 6.42 Å². The molecule has 1 unspecified atom stereocenters. The summed E-state index contributed by atoms with van der Waals surface area (Å²) < 4.78 is 22.4. The van der Waals surface area contributed by atoms with Gasteiger partial charge in [0, 0.05) is 11.9 Å². The van der Waals surface area contributed by atoms with Crippen LogP contribution >= 0.6 is 15.9 Å². The predicted octanol–water partition coefficient (Wildman–Crippen LogP) is 1.49. The Kier molecular flexibility index (Phi) is 6.48. The summed E-state index contributed by atoms with van der Waals surface area (Å²) in [5, 5.41) is 3.85. The molecule has 0 spiro atoms. The van der Waals surface area contributed by atoms with Gasteiger partial charge in [0.1, 0.15) is 0 Å². The summed E-state index contributed by atoms with van der Waals surface area (Å²) in [4.78, 5) is 11.6. The van der Waals surface area contributed by atoms with E-state index >= 15 is 0 Å². The third-order valence-electron chi connectivity index (χ3n) is 2.96. The number of halogens is 1. The molecule has 0 aromatic rings. The van der Waals surface area contributed by atoms with Gasteiger partial charge in [-0.2, -0.15) is 0 Å². The van der Waals surface area contributed by atoms with E-state index in [2.05, 4.69) is 21.2 Å². The van der Waals surface area contributed by atoms with Crippen molar-refractivity contribution in [3.63, 3.8) is 0 Å². The van der Waals surface area contributed by atoms with E-state index in [9.17, 15) is 13.2 Å². The number of amides is 1. The number of rotatable bonds is 7. The van der Waals surface area contributed by atoms with Gasteiger partial charge in [-0.1, -0.05) is 28.8 Å². The minimum atomic E-state index is -2.95. The van der Waals surface area contributed by atoms with Gasteiger partial charge in [-0.3, -0.25) is 4.79 Å². The number of unbranched alkanes of at least 4 members (excludes halogenated alkanes) is 3. The summed E-state index contributed by atoms with van der Waals surface area (Å²) in [6.07, 6.45) is 4.89. The van der Waals surface area contributed by atoms with Crippen LogP contribution in [0, 0.1) is 5.92 Å². The second-order valence-electron chi connectivity index (χ2n) is 4.49. The molecule has 1 heterocycles. The fourth-order valence-electron chi connectivity index (χ4n) is 1.93. The first-order chi connectivity index (χ1) is 8.05. The summed E-state index contributed by atoms with van der Waals surface area (Å²) in [6, 6.07) is 0. The van der Waals surface area contributed by atoms with Gasteiger partial charge in [-0.15, -0.1) is 0 Å². The normalized spacial score (nSPS) is 22.5. The van der Waals surface area contributed by atoms with E-state index in [-0.39, 0.29) is 23.3 Å². The minimum absolute atomic E-state index is 0.0302. The lowest BCUT2D eigenvalue weighted by molar-refractivity contribution is -0.124. The predicted molar refractivity (Wildman–Crippen MR) is 72.0 cm³/mol. The second-order valence-corrected chi connectivity index (χ2v) is 7.52. The zero-order valence-corrected chi connectivity index (χ0v) is 12.4. The lowest BCUT2D eigenvalue weighted by atomic mass is 10.1. The van der Waals surface area contributed by atoms with Crippen molar-refractivity contribution < 1.29 is 13.2 Å². The van der Waals surface area contributed by atoms with Crippen LogP contribution in [0.15, 0.2) is 0 Å². The molecule has 1 N–H and O–H groups in total. The standard InChI is InChI=1S/C11H20BrNO3S/c12-6-3-1-2-4-7-13-11(14)10-5-8-17(15,16)9-10/h10H,1-9H2,(H,13,14). The van der Waals surface area contributed by atoms with Crippen molar-refractivity contribution in [3.8, 4) is 0 Å². The van der Waals surface area contributed by atoms with Gasteiger partial charge in [0.05, 0.1) is 17.4 Å². The Morgan fingerprint density at radius 1 is 1.24 bits per heavy atom. The highest BCUT2D eigenvalue weighted by molar-refractivity contribution is 9.09. The van der Waals surface area contributed by atoms with Crippen LogP contribution in [-0.4, -0.2) is 37.7 Å². The Bertz CT molecular complexity index is 343. The van der Waals surface area contributed by atoms with Crippen molar-refractivity contribution in [2.45, 2.75) is 32.1 Å². The van der Waals surface area contributed by atoms with E-state index in [0.29, 0.717) is 13.0 Å². The van der Waals surface area contributed by atoms with E-state index in [1.807, 2.05) is 0 Å². The minimum Gasteiger partial charge on any atom is -0.356 e. The zero-order valence-electron chi connectivity index (χ0n) is 9.95. The van der Waals surface area contributed by atoms with Gasteiger partial charge < -0.3 is 5.32 Å². The first kappa shape index (κ1) is 15.0. The molecule has 100 valence electrons. The maximum absolute atomic E-state index is 11.6. The summed E-state index contributed by atoms with van der Waals surface area (Å²) >= 11 is 3.37. The molecule has 1 amide bonds. The Labute approximate surface area is 112 Å². The van der Waals surface area contributed by atoms with Gasteiger partial charge in [0.2, 0.25) is 5.91 Å². The van der Waals surface area contributed by atoms with E-state index in [1.54, 1.807) is 0 Å². The molecule has 1 aliphatic heterocycles. The molecule has 0 aromatic heterocycles. The Morgan fingerprint density at radius 2 is 1.94 bits per heavy atom. The number of hydrogen-bond acceptors (Lipinski definition) is 3. The topological polar surface area (TPSA) is 63.2 Å². The van der Waals surface area contributed by atoms with Crippen molar-refractivity contribution in [3.05, 3.63) is 0 Å². The molecular weight excluding hydrogens is 306 g/mol. The molecule has 0 bridgehead atoms. The highest BCUT2D eigenvalue weighted by Gasteiger charge is 2.32. The van der Waals surface area contributed by atoms with E-state index in [4.69, 9.17) is 0 Å². The summed E-state index contributed by atoms with van der Waals surface area (Å²) in [5.41, 5.74) is 0. The Balaban J connectivity index is 2.10. The van der Waals surface area contributed by atoms with Crippen molar-refractivity contribution in [1.82, 2.24) is 5.32 Å². The number of hydrogen-bond donors (Lipinski definition) is 1. The molecule has 17 heavy (non-hydrogen) atoms. The van der Waals surface area contributed by atoms with Crippen LogP contribution in [-0.2, 0) is 14.6 Å². The van der Waals surface area contributed by atoms with Crippen molar-refractivity contribution in [1.29, 1.82) is 0 Å². The summed E-state index contributed by atoms with van der Waals surface area (Å²) in [5.74, 6) is -0.215. The smallest absolute Gasteiger partial charge is 0.224 e. The fourth-order valence-corrected chi connectivity index (χ4v) is 4.07. The molecule has 1 aliphatic rings. The average molecular weight is 326 g/mol. The number of nitrogens with one attached hydrogen (secondary N) is 1. The summed E-state index contributed by atoms with van der Waals surface area (Å²) in [7, 11) is -2.95. The zero-order chi connectivity index (χ0) is 12.7. The monoisotopic (exact) mass is 325 g/mol. The second kappa shape index (κ2) is 7.36. The molecule has 0 aromatic carbocycles. The molecule has 1 atom stereocenters. The molecule has 6 heteroatoms. The largest absolute Gasteiger partial charge is 0.356 e. The first-order valence-corrected chi connectivity index (χ1v) is 9.03. The molecule has 0 aliphatic carbocycles. The van der Waals surface area contributed by atoms with E-state index in [0.717, 1.165) is 24.6 Å². The third kappa shape index (κ3) is 5.86. The van der Waals surface area contributed by atoms with Crippen LogP contribution in [0.2, 0.25) is 0 Å². The summed E-state index contributed by atoms with van der Waals surface area (Å²) in [6.45, 7) is 0.664. The molecule has 0 saturated carbocycles. The van der Waals surface area contributed by atoms with Crippen LogP contribution in [0.5, 0.6) is 0 Å². The highest BCUT2D eigenvalue weighted by atomic mass is 79.9. The van der Waals surface area contributed by atoms with Gasteiger partial charge in [0.15, 0.2) is 9.84 Å². The maximum Gasteiger partial charge on any atom is 0.224 e. The van der Waals surface area contributed by atoms with Gasteiger partial charge in [0.25, 0.3) is 0 Å². The number of carbonyl (C=O) groups excluding carboxylic acids is 1. The maximum atomic E-state index is 11.6. The lowest BCUT2D eigenvalue weighted by Crippen LogP contribution is -2.32. The molecule has 1 fully saturated rings.